The third-order valence-electron chi connectivity index (χ3n) is 5.11. The molecule has 2 aromatic heterocycles. The number of nitrogens with one attached hydrogen (secondary N) is 1. The van der Waals surface area contributed by atoms with Crippen LogP contribution >= 0.6 is 23.2 Å². The number of nitrogens with zero attached hydrogens (tertiary/aromatic N) is 3. The van der Waals surface area contributed by atoms with E-state index >= 15 is 0 Å². The van der Waals surface area contributed by atoms with Crippen molar-refractivity contribution in [3.8, 4) is 0 Å². The highest BCUT2D eigenvalue weighted by Crippen LogP contribution is 2.43. The Bertz CT molecular complexity index is 930. The number of imidazole rings is 1. The molecule has 0 bridgehead atoms. The zero-order valence-electron chi connectivity index (χ0n) is 14.1. The predicted octanol–water partition coefficient (Wildman–Crippen LogP) is 4.16. The standard InChI is InChI=1S/C19H18Cl2N4O/c20-15-4-3-13(9-16(15)21)19(5-1-2-6-19)18(26)23-10-14-12-25-8-7-22-11-17(25)24-14/h3-4,7-9,11-12H,1-2,5-6,10H2,(H,23,26). The van der Waals surface area contributed by atoms with Crippen molar-refractivity contribution < 1.29 is 4.79 Å². The lowest BCUT2D eigenvalue weighted by Crippen LogP contribution is -2.42. The van der Waals surface area contributed by atoms with Gasteiger partial charge in [-0.3, -0.25) is 9.78 Å². The Balaban J connectivity index is 1.56. The molecule has 7 heteroatoms. The summed E-state index contributed by atoms with van der Waals surface area (Å²) >= 11 is 12.2. The number of fused-ring (bicyclic) bond motifs is 1. The average molecular weight is 389 g/mol. The lowest BCUT2D eigenvalue weighted by atomic mass is 9.78. The summed E-state index contributed by atoms with van der Waals surface area (Å²) in [6, 6.07) is 5.50. The molecule has 0 aliphatic heterocycles. The number of aromatic nitrogens is 3. The Morgan fingerprint density at radius 1 is 1.23 bits per heavy atom. The molecule has 0 unspecified atom stereocenters. The fraction of sp³-hybridized carbons (Fsp3) is 0.316. The molecule has 26 heavy (non-hydrogen) atoms. The number of rotatable bonds is 4. The zero-order valence-corrected chi connectivity index (χ0v) is 15.6. The summed E-state index contributed by atoms with van der Waals surface area (Å²) in [5, 5.41) is 4.05. The van der Waals surface area contributed by atoms with Crippen LogP contribution in [-0.4, -0.2) is 20.3 Å². The van der Waals surface area contributed by atoms with Crippen LogP contribution in [0.25, 0.3) is 5.65 Å². The molecule has 1 amide bonds. The SMILES string of the molecule is O=C(NCc1cn2ccncc2n1)C1(c2ccc(Cl)c(Cl)c2)CCCC1. The van der Waals surface area contributed by atoms with E-state index in [1.807, 2.05) is 28.9 Å². The number of halogens is 2. The van der Waals surface area contributed by atoms with Gasteiger partial charge in [0.25, 0.3) is 0 Å². The molecule has 2 heterocycles. The number of carbonyl (C=O) groups excluding carboxylic acids is 1. The molecule has 1 aliphatic carbocycles. The molecule has 0 spiro atoms. The minimum Gasteiger partial charge on any atom is -0.350 e. The minimum atomic E-state index is -0.547. The van der Waals surface area contributed by atoms with Crippen molar-refractivity contribution in [1.82, 2.24) is 19.7 Å². The Morgan fingerprint density at radius 2 is 2.04 bits per heavy atom. The van der Waals surface area contributed by atoms with Crippen LogP contribution < -0.4 is 5.32 Å². The quantitative estimate of drug-likeness (QED) is 0.729. The zero-order chi connectivity index (χ0) is 18.1. The molecule has 4 rings (SSSR count). The highest BCUT2D eigenvalue weighted by Gasteiger charge is 2.42. The van der Waals surface area contributed by atoms with Crippen LogP contribution in [0.4, 0.5) is 0 Å². The second-order valence-corrected chi connectivity index (χ2v) is 7.49. The summed E-state index contributed by atoms with van der Waals surface area (Å²) in [7, 11) is 0. The third kappa shape index (κ3) is 3.06. The number of carbonyl (C=O) groups is 1. The minimum absolute atomic E-state index is 0.0172. The molecule has 1 N–H and O–H groups in total. The fourth-order valence-electron chi connectivity index (χ4n) is 3.74. The van der Waals surface area contributed by atoms with Crippen LogP contribution in [0.1, 0.15) is 36.9 Å². The average Bonchev–Trinajstić information content (AvgIpc) is 3.29. The molecule has 1 saturated carbocycles. The maximum atomic E-state index is 13.1. The maximum Gasteiger partial charge on any atom is 0.230 e. The fourth-order valence-corrected chi connectivity index (χ4v) is 4.04. The summed E-state index contributed by atoms with van der Waals surface area (Å²) in [6.07, 6.45) is 10.8. The first-order valence-corrected chi connectivity index (χ1v) is 9.35. The highest BCUT2D eigenvalue weighted by molar-refractivity contribution is 6.42. The second-order valence-electron chi connectivity index (χ2n) is 6.67. The predicted molar refractivity (Wildman–Crippen MR) is 101 cm³/mol. The van der Waals surface area contributed by atoms with Crippen LogP contribution in [-0.2, 0) is 16.8 Å². The van der Waals surface area contributed by atoms with E-state index in [1.54, 1.807) is 18.5 Å². The Kier molecular flexibility index (Phi) is 4.59. The first kappa shape index (κ1) is 17.3. The second kappa shape index (κ2) is 6.89. The molecular weight excluding hydrogens is 371 g/mol. The van der Waals surface area contributed by atoms with Gasteiger partial charge in [0.1, 0.15) is 0 Å². The first-order valence-electron chi connectivity index (χ1n) is 8.60. The lowest BCUT2D eigenvalue weighted by Gasteiger charge is -2.28. The van der Waals surface area contributed by atoms with Crippen molar-refractivity contribution in [1.29, 1.82) is 0 Å². The van der Waals surface area contributed by atoms with Crippen molar-refractivity contribution >= 4 is 34.8 Å². The molecule has 1 aliphatic rings. The molecule has 5 nitrogen and oxygen atoms in total. The third-order valence-corrected chi connectivity index (χ3v) is 5.85. The van der Waals surface area contributed by atoms with Gasteiger partial charge in [0, 0.05) is 18.6 Å². The molecular formula is C19H18Cl2N4O. The van der Waals surface area contributed by atoms with E-state index in [-0.39, 0.29) is 5.91 Å². The molecule has 1 aromatic carbocycles. The molecule has 3 aromatic rings. The van der Waals surface area contributed by atoms with Gasteiger partial charge in [-0.05, 0) is 30.5 Å². The Labute approximate surface area is 161 Å². The Morgan fingerprint density at radius 3 is 2.77 bits per heavy atom. The first-order chi connectivity index (χ1) is 12.6. The van der Waals surface area contributed by atoms with Crippen molar-refractivity contribution in [2.45, 2.75) is 37.6 Å². The van der Waals surface area contributed by atoms with Gasteiger partial charge in [0.15, 0.2) is 5.65 Å². The van der Waals surface area contributed by atoms with E-state index in [4.69, 9.17) is 23.2 Å². The number of amides is 1. The van der Waals surface area contributed by atoms with Crippen LogP contribution in [0.15, 0.2) is 43.0 Å². The van der Waals surface area contributed by atoms with Gasteiger partial charge in [-0.2, -0.15) is 0 Å². The molecule has 0 atom stereocenters. The van der Waals surface area contributed by atoms with Crippen LogP contribution in [0, 0.1) is 0 Å². The van der Waals surface area contributed by atoms with Crippen LogP contribution in [0.3, 0.4) is 0 Å². The monoisotopic (exact) mass is 388 g/mol. The van der Waals surface area contributed by atoms with Gasteiger partial charge < -0.3 is 9.72 Å². The van der Waals surface area contributed by atoms with Crippen molar-refractivity contribution in [3.63, 3.8) is 0 Å². The molecule has 1 fully saturated rings. The van der Waals surface area contributed by atoms with Gasteiger partial charge in [-0.25, -0.2) is 4.98 Å². The normalized spacial score (nSPS) is 16.1. The molecule has 0 saturated heterocycles. The maximum absolute atomic E-state index is 13.1. The summed E-state index contributed by atoms with van der Waals surface area (Å²) in [4.78, 5) is 21.7. The van der Waals surface area contributed by atoms with Gasteiger partial charge in [0.2, 0.25) is 5.91 Å². The largest absolute Gasteiger partial charge is 0.350 e. The summed E-state index contributed by atoms with van der Waals surface area (Å²) in [5.74, 6) is 0.0172. The molecule has 134 valence electrons. The van der Waals surface area contributed by atoms with Crippen LogP contribution in [0.5, 0.6) is 0 Å². The number of benzene rings is 1. The number of hydrogen-bond acceptors (Lipinski definition) is 3. The van der Waals surface area contributed by atoms with E-state index in [0.29, 0.717) is 16.6 Å². The van der Waals surface area contributed by atoms with Gasteiger partial charge in [0.05, 0.1) is 33.9 Å². The summed E-state index contributed by atoms with van der Waals surface area (Å²) < 4.78 is 1.89. The van der Waals surface area contributed by atoms with Gasteiger partial charge in [-0.1, -0.05) is 42.1 Å². The Hall–Kier alpha value is -2.11. The topological polar surface area (TPSA) is 59.3 Å². The van der Waals surface area contributed by atoms with Gasteiger partial charge >= 0.3 is 0 Å². The lowest BCUT2D eigenvalue weighted by molar-refractivity contribution is -0.126. The van der Waals surface area contributed by atoms with Crippen molar-refractivity contribution in [3.05, 3.63) is 64.3 Å². The molecule has 0 radical (unpaired) electrons. The van der Waals surface area contributed by atoms with Crippen molar-refractivity contribution in [2.24, 2.45) is 0 Å². The van der Waals surface area contributed by atoms with Crippen LogP contribution in [0.2, 0.25) is 10.0 Å². The smallest absolute Gasteiger partial charge is 0.230 e. The number of hydrogen-bond donors (Lipinski definition) is 1. The summed E-state index contributed by atoms with van der Waals surface area (Å²) in [6.45, 7) is 0.379. The van der Waals surface area contributed by atoms with E-state index < -0.39 is 5.41 Å². The summed E-state index contributed by atoms with van der Waals surface area (Å²) in [5.41, 5.74) is 1.95. The highest BCUT2D eigenvalue weighted by atomic mass is 35.5. The van der Waals surface area contributed by atoms with Gasteiger partial charge in [-0.15, -0.1) is 0 Å². The van der Waals surface area contributed by atoms with E-state index in [1.165, 1.54) is 0 Å². The van der Waals surface area contributed by atoms with Crippen molar-refractivity contribution in [2.75, 3.05) is 0 Å². The van der Waals surface area contributed by atoms with E-state index in [0.717, 1.165) is 42.6 Å². The van der Waals surface area contributed by atoms with E-state index in [9.17, 15) is 4.79 Å². The van der Waals surface area contributed by atoms with E-state index in [2.05, 4.69) is 15.3 Å².